The minimum absolute atomic E-state index is 0.218. The number of methoxy groups -OCH3 is 1. The summed E-state index contributed by atoms with van der Waals surface area (Å²) in [4.78, 5) is 4.55. The summed E-state index contributed by atoms with van der Waals surface area (Å²) in [6.07, 6.45) is 0. The molecule has 92 valence electrons. The number of nitrogens with zero attached hydrogens (tertiary/aromatic N) is 1. The van der Waals surface area contributed by atoms with Crippen molar-refractivity contribution in [2.24, 2.45) is 10.9 Å². The first kappa shape index (κ1) is 11.8. The summed E-state index contributed by atoms with van der Waals surface area (Å²) in [6, 6.07) is 5.84. The van der Waals surface area contributed by atoms with Crippen molar-refractivity contribution >= 4 is 11.6 Å². The summed E-state index contributed by atoms with van der Waals surface area (Å²) in [5.41, 5.74) is 7.40. The van der Waals surface area contributed by atoms with E-state index in [2.05, 4.69) is 18.8 Å². The van der Waals surface area contributed by atoms with E-state index in [1.165, 1.54) is 0 Å². The van der Waals surface area contributed by atoms with Crippen LogP contribution in [0.4, 0.5) is 5.69 Å². The number of ether oxygens (including phenoxy) is 2. The van der Waals surface area contributed by atoms with Gasteiger partial charge in [-0.3, -0.25) is 0 Å². The second-order valence-electron chi connectivity index (χ2n) is 4.48. The standard InChI is InChI=1S/C13H18N2O2/c1-8(2)10-7-17-13(15-10)9-5-4-6-11(16-3)12(9)14/h4-6,8,10H,7,14H2,1-3H3. The molecule has 1 aromatic carbocycles. The van der Waals surface area contributed by atoms with Gasteiger partial charge in [-0.2, -0.15) is 0 Å². The van der Waals surface area contributed by atoms with E-state index in [0.29, 0.717) is 29.9 Å². The van der Waals surface area contributed by atoms with Gasteiger partial charge in [0.2, 0.25) is 5.90 Å². The van der Waals surface area contributed by atoms with Crippen LogP contribution in [0.15, 0.2) is 23.2 Å². The Bertz CT molecular complexity index is 441. The van der Waals surface area contributed by atoms with Crippen LogP contribution in [0.1, 0.15) is 19.4 Å². The lowest BCUT2D eigenvalue weighted by Gasteiger charge is -2.09. The van der Waals surface area contributed by atoms with Crippen molar-refractivity contribution < 1.29 is 9.47 Å². The Morgan fingerprint density at radius 1 is 1.47 bits per heavy atom. The van der Waals surface area contributed by atoms with Crippen molar-refractivity contribution in [3.63, 3.8) is 0 Å². The molecule has 1 aliphatic rings. The molecule has 0 spiro atoms. The Labute approximate surface area is 101 Å². The predicted molar refractivity (Wildman–Crippen MR) is 68.5 cm³/mol. The van der Waals surface area contributed by atoms with Gasteiger partial charge in [0.25, 0.3) is 0 Å². The van der Waals surface area contributed by atoms with Crippen LogP contribution < -0.4 is 10.5 Å². The number of hydrogen-bond acceptors (Lipinski definition) is 4. The van der Waals surface area contributed by atoms with Gasteiger partial charge in [0.05, 0.1) is 24.4 Å². The molecule has 1 aliphatic heterocycles. The quantitative estimate of drug-likeness (QED) is 0.815. The Hall–Kier alpha value is -1.71. The maximum Gasteiger partial charge on any atom is 0.218 e. The number of anilines is 1. The fourth-order valence-electron chi connectivity index (χ4n) is 1.79. The van der Waals surface area contributed by atoms with Gasteiger partial charge < -0.3 is 15.2 Å². The molecule has 2 N–H and O–H groups in total. The molecule has 1 atom stereocenters. The highest BCUT2D eigenvalue weighted by Gasteiger charge is 2.24. The maximum absolute atomic E-state index is 6.01. The van der Waals surface area contributed by atoms with E-state index in [1.54, 1.807) is 7.11 Å². The number of rotatable bonds is 3. The lowest BCUT2D eigenvalue weighted by molar-refractivity contribution is 0.292. The van der Waals surface area contributed by atoms with Crippen LogP contribution in [0.2, 0.25) is 0 Å². The molecule has 0 aliphatic carbocycles. The maximum atomic E-state index is 6.01. The first-order valence-corrected chi connectivity index (χ1v) is 5.77. The van der Waals surface area contributed by atoms with E-state index in [4.69, 9.17) is 15.2 Å². The average molecular weight is 234 g/mol. The highest BCUT2D eigenvalue weighted by molar-refractivity contribution is 6.01. The fraction of sp³-hybridized carbons (Fsp3) is 0.462. The average Bonchev–Trinajstić information content (AvgIpc) is 2.78. The lowest BCUT2D eigenvalue weighted by atomic mass is 10.1. The van der Waals surface area contributed by atoms with Crippen LogP contribution in [-0.4, -0.2) is 25.7 Å². The SMILES string of the molecule is COc1cccc(C2=NC(C(C)C)CO2)c1N. The normalized spacial score (nSPS) is 19.1. The molecule has 0 radical (unpaired) electrons. The van der Waals surface area contributed by atoms with E-state index < -0.39 is 0 Å². The Morgan fingerprint density at radius 3 is 2.82 bits per heavy atom. The molecule has 1 aromatic rings. The van der Waals surface area contributed by atoms with Crippen molar-refractivity contribution in [2.45, 2.75) is 19.9 Å². The topological polar surface area (TPSA) is 56.8 Å². The van der Waals surface area contributed by atoms with Gasteiger partial charge in [-0.15, -0.1) is 0 Å². The predicted octanol–water partition coefficient (Wildman–Crippen LogP) is 2.08. The monoisotopic (exact) mass is 234 g/mol. The van der Waals surface area contributed by atoms with Crippen LogP contribution >= 0.6 is 0 Å². The first-order chi connectivity index (χ1) is 8.13. The Morgan fingerprint density at radius 2 is 2.24 bits per heavy atom. The molecular formula is C13H18N2O2. The number of hydrogen-bond donors (Lipinski definition) is 1. The van der Waals surface area contributed by atoms with Crippen LogP contribution in [-0.2, 0) is 4.74 Å². The van der Waals surface area contributed by atoms with Crippen LogP contribution in [0.25, 0.3) is 0 Å². The largest absolute Gasteiger partial charge is 0.495 e. The lowest BCUT2D eigenvalue weighted by Crippen LogP contribution is -2.13. The third-order valence-corrected chi connectivity index (χ3v) is 2.96. The highest BCUT2D eigenvalue weighted by Crippen LogP contribution is 2.28. The molecule has 0 saturated heterocycles. The van der Waals surface area contributed by atoms with Gasteiger partial charge in [-0.1, -0.05) is 19.9 Å². The zero-order valence-electron chi connectivity index (χ0n) is 10.4. The van der Waals surface area contributed by atoms with E-state index in [9.17, 15) is 0 Å². The number of aliphatic imine (C=N–C) groups is 1. The summed E-state index contributed by atoms with van der Waals surface area (Å²) in [6.45, 7) is 4.90. The van der Waals surface area contributed by atoms with Crippen molar-refractivity contribution in [3.05, 3.63) is 23.8 Å². The molecule has 17 heavy (non-hydrogen) atoms. The summed E-state index contributed by atoms with van der Waals surface area (Å²) in [5, 5.41) is 0. The van der Waals surface area contributed by atoms with Gasteiger partial charge >= 0.3 is 0 Å². The third-order valence-electron chi connectivity index (χ3n) is 2.96. The van der Waals surface area contributed by atoms with Crippen LogP contribution in [0.3, 0.4) is 0 Å². The number of para-hydroxylation sites is 1. The molecule has 2 rings (SSSR count). The summed E-state index contributed by atoms with van der Waals surface area (Å²) in [5.74, 6) is 1.75. The van der Waals surface area contributed by atoms with E-state index in [-0.39, 0.29) is 6.04 Å². The van der Waals surface area contributed by atoms with Gasteiger partial charge in [0, 0.05) is 0 Å². The van der Waals surface area contributed by atoms with Crippen LogP contribution in [0, 0.1) is 5.92 Å². The van der Waals surface area contributed by atoms with Crippen molar-refractivity contribution in [1.29, 1.82) is 0 Å². The minimum atomic E-state index is 0.218. The molecule has 4 heteroatoms. The van der Waals surface area contributed by atoms with E-state index >= 15 is 0 Å². The summed E-state index contributed by atoms with van der Waals surface area (Å²) >= 11 is 0. The second-order valence-corrected chi connectivity index (χ2v) is 4.48. The molecule has 1 unspecified atom stereocenters. The van der Waals surface area contributed by atoms with E-state index in [0.717, 1.165) is 5.56 Å². The summed E-state index contributed by atoms with van der Waals surface area (Å²) < 4.78 is 10.8. The van der Waals surface area contributed by atoms with Crippen molar-refractivity contribution in [1.82, 2.24) is 0 Å². The molecule has 4 nitrogen and oxygen atoms in total. The molecule has 0 saturated carbocycles. The molecule has 0 bridgehead atoms. The van der Waals surface area contributed by atoms with Gasteiger partial charge in [0.1, 0.15) is 12.4 Å². The zero-order chi connectivity index (χ0) is 12.4. The number of nitrogens with two attached hydrogens (primary N) is 1. The summed E-state index contributed by atoms with van der Waals surface area (Å²) in [7, 11) is 1.60. The van der Waals surface area contributed by atoms with Gasteiger partial charge in [-0.05, 0) is 18.1 Å². The molecule has 0 fully saturated rings. The van der Waals surface area contributed by atoms with Crippen molar-refractivity contribution in [2.75, 3.05) is 19.5 Å². The molecule has 0 amide bonds. The minimum Gasteiger partial charge on any atom is -0.495 e. The highest BCUT2D eigenvalue weighted by atomic mass is 16.5. The van der Waals surface area contributed by atoms with Gasteiger partial charge in [0.15, 0.2) is 0 Å². The Balaban J connectivity index is 2.33. The number of benzene rings is 1. The Kier molecular flexibility index (Phi) is 3.22. The van der Waals surface area contributed by atoms with Gasteiger partial charge in [-0.25, -0.2) is 4.99 Å². The zero-order valence-corrected chi connectivity index (χ0v) is 10.4. The van der Waals surface area contributed by atoms with Crippen molar-refractivity contribution in [3.8, 4) is 5.75 Å². The molecular weight excluding hydrogens is 216 g/mol. The molecule has 1 heterocycles. The second kappa shape index (κ2) is 4.65. The first-order valence-electron chi connectivity index (χ1n) is 5.77. The molecule has 0 aromatic heterocycles. The smallest absolute Gasteiger partial charge is 0.218 e. The number of nitrogen functional groups attached to an aromatic ring is 1. The van der Waals surface area contributed by atoms with E-state index in [1.807, 2.05) is 18.2 Å². The van der Waals surface area contributed by atoms with Crippen LogP contribution in [0.5, 0.6) is 5.75 Å². The fourth-order valence-corrected chi connectivity index (χ4v) is 1.79. The third kappa shape index (κ3) is 2.20.